The monoisotopic (exact) mass is 434 g/mol. The lowest BCUT2D eigenvalue weighted by Gasteiger charge is -2.20. The second-order valence-electron chi connectivity index (χ2n) is 9.64. The van der Waals surface area contributed by atoms with E-state index in [-0.39, 0.29) is 11.5 Å². The molecule has 1 fully saturated rings. The molecule has 3 rings (SSSR count). The molecule has 0 heterocycles. The normalized spacial score (nSPS) is 16.0. The minimum absolute atomic E-state index is 0.0745. The average molecular weight is 435 g/mol. The van der Waals surface area contributed by atoms with Gasteiger partial charge in [-0.3, -0.25) is 4.79 Å². The van der Waals surface area contributed by atoms with Gasteiger partial charge in [0, 0.05) is 5.56 Å². The minimum atomic E-state index is -0.874. The van der Waals surface area contributed by atoms with E-state index in [0.717, 1.165) is 24.0 Å². The van der Waals surface area contributed by atoms with Crippen LogP contribution < -0.4 is 9.47 Å². The van der Waals surface area contributed by atoms with E-state index in [1.54, 1.807) is 14.0 Å². The highest BCUT2D eigenvalue weighted by Gasteiger charge is 2.26. The predicted molar refractivity (Wildman–Crippen MR) is 127 cm³/mol. The summed E-state index contributed by atoms with van der Waals surface area (Å²) in [6.45, 7) is 8.22. The van der Waals surface area contributed by atoms with E-state index >= 15 is 0 Å². The molecule has 2 atom stereocenters. The molecule has 0 spiro atoms. The fourth-order valence-electron chi connectivity index (χ4n) is 4.02. The van der Waals surface area contributed by atoms with Crippen LogP contribution in [0.4, 0.5) is 0 Å². The van der Waals surface area contributed by atoms with Crippen LogP contribution in [-0.4, -0.2) is 24.3 Å². The first kappa shape index (κ1) is 23.7. The highest BCUT2D eigenvalue weighted by atomic mass is 16.5. The molecule has 0 radical (unpaired) electrons. The molecule has 1 N–H and O–H groups in total. The van der Waals surface area contributed by atoms with Gasteiger partial charge in [0.25, 0.3) is 0 Å². The van der Waals surface area contributed by atoms with E-state index in [4.69, 9.17) is 9.47 Å². The van der Waals surface area contributed by atoms with Crippen LogP contribution in [0.2, 0.25) is 0 Å². The Bertz CT molecular complexity index is 983. The summed E-state index contributed by atoms with van der Waals surface area (Å²) >= 11 is 0. The van der Waals surface area contributed by atoms with E-state index in [1.165, 1.54) is 18.4 Å². The molecule has 32 heavy (non-hydrogen) atoms. The molecule has 0 bridgehead atoms. The van der Waals surface area contributed by atoms with Gasteiger partial charge in [0.15, 0.2) is 11.5 Å². The van der Waals surface area contributed by atoms with Crippen LogP contribution in [0.5, 0.6) is 11.5 Å². The molecule has 1 saturated carbocycles. The number of benzene rings is 2. The Morgan fingerprint density at radius 2 is 1.72 bits per heavy atom. The van der Waals surface area contributed by atoms with Crippen molar-refractivity contribution >= 4 is 5.97 Å². The van der Waals surface area contributed by atoms with Crippen LogP contribution in [0.25, 0.3) is 0 Å². The highest BCUT2D eigenvalue weighted by Crippen LogP contribution is 2.36. The Hall–Kier alpha value is -2.93. The van der Waals surface area contributed by atoms with Crippen molar-refractivity contribution in [1.82, 2.24) is 0 Å². The summed E-state index contributed by atoms with van der Waals surface area (Å²) in [5, 5.41) is 9.71. The van der Waals surface area contributed by atoms with E-state index in [0.29, 0.717) is 11.5 Å². The van der Waals surface area contributed by atoms with Crippen molar-refractivity contribution in [1.29, 1.82) is 0 Å². The van der Waals surface area contributed by atoms with Crippen molar-refractivity contribution in [3.8, 4) is 23.3 Å². The first-order valence-electron chi connectivity index (χ1n) is 11.4. The Labute approximate surface area is 192 Å². The minimum Gasteiger partial charge on any atom is -0.493 e. The molecule has 1 aliphatic rings. The maximum Gasteiger partial charge on any atom is 0.307 e. The van der Waals surface area contributed by atoms with Crippen molar-refractivity contribution < 1.29 is 19.4 Å². The van der Waals surface area contributed by atoms with E-state index < -0.39 is 17.8 Å². The number of aliphatic carboxylic acids is 1. The molecule has 0 saturated heterocycles. The van der Waals surface area contributed by atoms with Gasteiger partial charge in [-0.2, -0.15) is 0 Å². The standard InChI is InChI=1S/C28H34O4/c1-19(27(29)30)24(16-12-20-10-14-22(15-11-20)28(2,3)4)21-13-17-25(31-5)26(18-21)32-23-8-6-7-9-23/h10-11,13-15,17-19,23-24H,6-9H2,1-5H3,(H,29,30). The molecular formula is C28H34O4. The number of ether oxygens (including phenoxy) is 2. The maximum absolute atomic E-state index is 11.8. The number of rotatable bonds is 6. The van der Waals surface area contributed by atoms with Gasteiger partial charge in [-0.1, -0.05) is 57.7 Å². The van der Waals surface area contributed by atoms with Gasteiger partial charge < -0.3 is 14.6 Å². The lowest BCUT2D eigenvalue weighted by atomic mass is 9.86. The number of carbonyl (C=O) groups is 1. The van der Waals surface area contributed by atoms with Crippen molar-refractivity contribution in [2.45, 2.75) is 70.8 Å². The van der Waals surface area contributed by atoms with Gasteiger partial charge >= 0.3 is 5.97 Å². The Kier molecular flexibility index (Phi) is 7.51. The largest absolute Gasteiger partial charge is 0.493 e. The quantitative estimate of drug-likeness (QED) is 0.552. The number of methoxy groups -OCH3 is 1. The lowest BCUT2D eigenvalue weighted by molar-refractivity contribution is -0.141. The van der Waals surface area contributed by atoms with Gasteiger partial charge in [-0.15, -0.1) is 0 Å². The fourth-order valence-corrected chi connectivity index (χ4v) is 4.02. The summed E-state index contributed by atoms with van der Waals surface area (Å²) in [5.41, 5.74) is 3.01. The molecule has 2 aromatic rings. The van der Waals surface area contributed by atoms with Crippen molar-refractivity contribution in [3.63, 3.8) is 0 Å². The molecule has 4 nitrogen and oxygen atoms in total. The summed E-state index contributed by atoms with van der Waals surface area (Å²) < 4.78 is 11.7. The predicted octanol–water partition coefficient (Wildman–Crippen LogP) is 6.17. The Balaban J connectivity index is 1.93. The molecule has 1 aliphatic carbocycles. The second-order valence-corrected chi connectivity index (χ2v) is 9.64. The van der Waals surface area contributed by atoms with E-state index in [9.17, 15) is 9.90 Å². The summed E-state index contributed by atoms with van der Waals surface area (Å²) in [6, 6.07) is 13.8. The third-order valence-corrected chi connectivity index (χ3v) is 6.16. The summed E-state index contributed by atoms with van der Waals surface area (Å²) in [6.07, 6.45) is 4.59. The topological polar surface area (TPSA) is 55.8 Å². The van der Waals surface area contributed by atoms with Gasteiger partial charge in [-0.25, -0.2) is 0 Å². The molecule has 0 aromatic heterocycles. The van der Waals surface area contributed by atoms with Crippen molar-refractivity contribution in [2.24, 2.45) is 5.92 Å². The molecule has 2 unspecified atom stereocenters. The zero-order valence-corrected chi connectivity index (χ0v) is 19.8. The van der Waals surface area contributed by atoms with Gasteiger partial charge in [0.1, 0.15) is 0 Å². The smallest absolute Gasteiger partial charge is 0.307 e. The van der Waals surface area contributed by atoms with Crippen LogP contribution >= 0.6 is 0 Å². The molecule has 2 aromatic carbocycles. The number of carboxylic acids is 1. The Morgan fingerprint density at radius 3 is 2.28 bits per heavy atom. The molecular weight excluding hydrogens is 400 g/mol. The third-order valence-electron chi connectivity index (χ3n) is 6.16. The second kappa shape index (κ2) is 10.1. The van der Waals surface area contributed by atoms with Crippen LogP contribution in [0, 0.1) is 17.8 Å². The van der Waals surface area contributed by atoms with Crippen LogP contribution in [0.3, 0.4) is 0 Å². The number of hydrogen-bond acceptors (Lipinski definition) is 3. The first-order chi connectivity index (χ1) is 15.2. The van der Waals surface area contributed by atoms with Crippen LogP contribution in [-0.2, 0) is 10.2 Å². The number of carboxylic acid groups (broad SMARTS) is 1. The van der Waals surface area contributed by atoms with E-state index in [2.05, 4.69) is 44.7 Å². The summed E-state index contributed by atoms with van der Waals surface area (Å²) in [4.78, 5) is 11.8. The maximum atomic E-state index is 11.8. The molecule has 4 heteroatoms. The van der Waals surface area contributed by atoms with Gasteiger partial charge in [0.2, 0.25) is 0 Å². The van der Waals surface area contributed by atoms with Crippen molar-refractivity contribution in [3.05, 3.63) is 59.2 Å². The van der Waals surface area contributed by atoms with Crippen LogP contribution in [0.15, 0.2) is 42.5 Å². The lowest BCUT2D eigenvalue weighted by Crippen LogP contribution is -2.18. The average Bonchev–Trinajstić information content (AvgIpc) is 3.26. The van der Waals surface area contributed by atoms with Gasteiger partial charge in [0.05, 0.1) is 25.0 Å². The first-order valence-corrected chi connectivity index (χ1v) is 11.4. The zero-order valence-electron chi connectivity index (χ0n) is 19.8. The zero-order chi connectivity index (χ0) is 23.3. The Morgan fingerprint density at radius 1 is 1.06 bits per heavy atom. The van der Waals surface area contributed by atoms with E-state index in [1.807, 2.05) is 30.3 Å². The van der Waals surface area contributed by atoms with Crippen LogP contribution in [0.1, 0.15) is 76.0 Å². The summed E-state index contributed by atoms with van der Waals surface area (Å²) in [7, 11) is 1.62. The molecule has 170 valence electrons. The molecule has 0 amide bonds. The third kappa shape index (κ3) is 5.85. The SMILES string of the molecule is COc1ccc(C(C#Cc2ccc(C(C)(C)C)cc2)C(C)C(=O)O)cc1OC1CCCC1. The van der Waals surface area contributed by atoms with Gasteiger partial charge in [-0.05, 0) is 66.5 Å². The van der Waals surface area contributed by atoms with Crippen molar-refractivity contribution in [2.75, 3.05) is 7.11 Å². The number of hydrogen-bond donors (Lipinski definition) is 1. The summed E-state index contributed by atoms with van der Waals surface area (Å²) in [5.74, 6) is 5.74. The highest BCUT2D eigenvalue weighted by molar-refractivity contribution is 5.72. The molecule has 0 aliphatic heterocycles. The fraction of sp³-hybridized carbons (Fsp3) is 0.464.